The van der Waals surface area contributed by atoms with Crippen molar-refractivity contribution < 1.29 is 9.13 Å². The van der Waals surface area contributed by atoms with Gasteiger partial charge in [0, 0.05) is 6.54 Å². The molecule has 0 unspecified atom stereocenters. The zero-order valence-electron chi connectivity index (χ0n) is 11.9. The predicted octanol–water partition coefficient (Wildman–Crippen LogP) is 2.79. The van der Waals surface area contributed by atoms with Crippen molar-refractivity contribution in [1.29, 1.82) is 0 Å². The molecule has 0 aromatic heterocycles. The van der Waals surface area contributed by atoms with E-state index in [-0.39, 0.29) is 5.82 Å². The van der Waals surface area contributed by atoms with Crippen LogP contribution in [0.1, 0.15) is 12.8 Å². The maximum absolute atomic E-state index is 12.9. The standard InChI is InChI=1S/C15H22ClFN2O/c1-18-11-12-4-6-19(7-5-12)8-9-20-15-3-2-13(17)10-14(15)16/h2-3,10,12,18H,4-9,11H2,1H3. The first kappa shape index (κ1) is 15.5. The third kappa shape index (κ3) is 4.62. The minimum Gasteiger partial charge on any atom is -0.491 e. The monoisotopic (exact) mass is 300 g/mol. The van der Waals surface area contributed by atoms with Gasteiger partial charge < -0.3 is 10.1 Å². The summed E-state index contributed by atoms with van der Waals surface area (Å²) < 4.78 is 18.5. The van der Waals surface area contributed by atoms with E-state index < -0.39 is 0 Å². The largest absolute Gasteiger partial charge is 0.491 e. The van der Waals surface area contributed by atoms with Crippen molar-refractivity contribution in [2.75, 3.05) is 39.8 Å². The van der Waals surface area contributed by atoms with E-state index in [1.807, 2.05) is 7.05 Å². The van der Waals surface area contributed by atoms with Gasteiger partial charge in [-0.1, -0.05) is 11.6 Å². The van der Waals surface area contributed by atoms with Gasteiger partial charge in [0.25, 0.3) is 0 Å². The Morgan fingerprint density at radius 2 is 2.15 bits per heavy atom. The molecule has 5 heteroatoms. The van der Waals surface area contributed by atoms with Crippen LogP contribution in [0.5, 0.6) is 5.75 Å². The zero-order valence-corrected chi connectivity index (χ0v) is 12.6. The molecular weight excluding hydrogens is 279 g/mol. The fraction of sp³-hybridized carbons (Fsp3) is 0.600. The minimum atomic E-state index is -0.339. The van der Waals surface area contributed by atoms with E-state index in [9.17, 15) is 4.39 Å². The van der Waals surface area contributed by atoms with Gasteiger partial charge >= 0.3 is 0 Å². The number of halogens is 2. The number of ether oxygens (including phenoxy) is 1. The molecule has 1 heterocycles. The van der Waals surface area contributed by atoms with Gasteiger partial charge in [-0.2, -0.15) is 0 Å². The van der Waals surface area contributed by atoms with E-state index in [1.54, 1.807) is 6.07 Å². The third-order valence-electron chi connectivity index (χ3n) is 3.76. The molecule has 3 nitrogen and oxygen atoms in total. The first-order chi connectivity index (χ1) is 9.69. The normalized spacial score (nSPS) is 17.4. The van der Waals surface area contributed by atoms with E-state index in [1.165, 1.54) is 25.0 Å². The summed E-state index contributed by atoms with van der Waals surface area (Å²) in [6.45, 7) is 4.82. The summed E-state index contributed by atoms with van der Waals surface area (Å²) in [7, 11) is 2.01. The average molecular weight is 301 g/mol. The Morgan fingerprint density at radius 3 is 2.80 bits per heavy atom. The van der Waals surface area contributed by atoms with Gasteiger partial charge in [-0.25, -0.2) is 4.39 Å². The minimum absolute atomic E-state index is 0.331. The molecule has 0 bridgehead atoms. The van der Waals surface area contributed by atoms with Crippen LogP contribution in [-0.2, 0) is 0 Å². The van der Waals surface area contributed by atoms with E-state index in [4.69, 9.17) is 16.3 Å². The fourth-order valence-corrected chi connectivity index (χ4v) is 2.80. The van der Waals surface area contributed by atoms with Gasteiger partial charge in [-0.15, -0.1) is 0 Å². The Bertz CT molecular complexity index is 422. The van der Waals surface area contributed by atoms with Gasteiger partial charge in [-0.3, -0.25) is 4.90 Å². The molecule has 1 N–H and O–H groups in total. The molecule has 1 saturated heterocycles. The summed E-state index contributed by atoms with van der Waals surface area (Å²) in [5.74, 6) is 1.01. The van der Waals surface area contributed by atoms with Crippen molar-refractivity contribution in [3.63, 3.8) is 0 Å². The number of piperidine rings is 1. The first-order valence-corrected chi connectivity index (χ1v) is 7.51. The highest BCUT2D eigenvalue weighted by Gasteiger charge is 2.18. The number of benzene rings is 1. The van der Waals surface area contributed by atoms with Gasteiger partial charge in [0.1, 0.15) is 18.2 Å². The molecule has 0 spiro atoms. The Kier molecular flexibility index (Phi) is 6.07. The number of hydrogen-bond donors (Lipinski definition) is 1. The first-order valence-electron chi connectivity index (χ1n) is 7.14. The molecule has 112 valence electrons. The lowest BCUT2D eigenvalue weighted by molar-refractivity contribution is 0.155. The number of rotatable bonds is 6. The highest BCUT2D eigenvalue weighted by Crippen LogP contribution is 2.25. The molecule has 2 rings (SSSR count). The predicted molar refractivity (Wildman–Crippen MR) is 80.0 cm³/mol. The second-order valence-electron chi connectivity index (χ2n) is 5.27. The van der Waals surface area contributed by atoms with Crippen LogP contribution in [0.3, 0.4) is 0 Å². The van der Waals surface area contributed by atoms with Crippen molar-refractivity contribution in [1.82, 2.24) is 10.2 Å². The summed E-state index contributed by atoms with van der Waals surface area (Å²) >= 11 is 5.92. The quantitative estimate of drug-likeness (QED) is 0.874. The number of hydrogen-bond acceptors (Lipinski definition) is 3. The highest BCUT2D eigenvalue weighted by molar-refractivity contribution is 6.32. The van der Waals surface area contributed by atoms with E-state index in [2.05, 4.69) is 10.2 Å². The Balaban J connectivity index is 1.69. The van der Waals surface area contributed by atoms with Crippen LogP contribution in [0, 0.1) is 11.7 Å². The smallest absolute Gasteiger partial charge is 0.138 e. The molecule has 1 aliphatic heterocycles. The second-order valence-corrected chi connectivity index (χ2v) is 5.67. The molecule has 20 heavy (non-hydrogen) atoms. The number of likely N-dealkylation sites (tertiary alicyclic amines) is 1. The molecule has 0 radical (unpaired) electrons. The lowest BCUT2D eigenvalue weighted by atomic mass is 9.97. The molecule has 0 atom stereocenters. The Morgan fingerprint density at radius 1 is 1.40 bits per heavy atom. The van der Waals surface area contributed by atoms with E-state index in [0.717, 1.165) is 32.1 Å². The summed E-state index contributed by atoms with van der Waals surface area (Å²) in [4.78, 5) is 2.41. The van der Waals surface area contributed by atoms with E-state index >= 15 is 0 Å². The summed E-state index contributed by atoms with van der Waals surface area (Å²) in [5, 5.41) is 3.57. The Labute approximate surface area is 125 Å². The maximum atomic E-state index is 12.9. The molecule has 1 aliphatic rings. The molecular formula is C15H22ClFN2O. The molecule has 0 saturated carbocycles. The van der Waals surface area contributed by atoms with Gasteiger partial charge in [-0.05, 0) is 63.6 Å². The van der Waals surface area contributed by atoms with Gasteiger partial charge in [0.2, 0.25) is 0 Å². The van der Waals surface area contributed by atoms with Crippen molar-refractivity contribution in [3.8, 4) is 5.75 Å². The number of nitrogens with one attached hydrogen (secondary N) is 1. The lowest BCUT2D eigenvalue weighted by Gasteiger charge is -2.31. The zero-order chi connectivity index (χ0) is 14.4. The maximum Gasteiger partial charge on any atom is 0.138 e. The molecule has 1 fully saturated rings. The SMILES string of the molecule is CNCC1CCN(CCOc2ccc(F)cc2Cl)CC1. The van der Waals surface area contributed by atoms with Crippen molar-refractivity contribution >= 4 is 11.6 Å². The van der Waals surface area contributed by atoms with Crippen molar-refractivity contribution in [2.24, 2.45) is 5.92 Å². The van der Waals surface area contributed by atoms with Crippen LogP contribution < -0.4 is 10.1 Å². The molecule has 0 aliphatic carbocycles. The summed E-state index contributed by atoms with van der Waals surface area (Å²) in [5.41, 5.74) is 0. The topological polar surface area (TPSA) is 24.5 Å². The third-order valence-corrected chi connectivity index (χ3v) is 4.05. The van der Waals surface area contributed by atoms with Crippen LogP contribution in [0.25, 0.3) is 0 Å². The average Bonchev–Trinajstić information content (AvgIpc) is 2.43. The molecule has 1 aromatic carbocycles. The van der Waals surface area contributed by atoms with Gasteiger partial charge in [0.15, 0.2) is 0 Å². The van der Waals surface area contributed by atoms with Crippen LogP contribution in [0.2, 0.25) is 5.02 Å². The lowest BCUT2D eigenvalue weighted by Crippen LogP contribution is -2.38. The number of nitrogens with zero attached hydrogens (tertiary/aromatic N) is 1. The van der Waals surface area contributed by atoms with Crippen LogP contribution >= 0.6 is 11.6 Å². The van der Waals surface area contributed by atoms with Crippen molar-refractivity contribution in [2.45, 2.75) is 12.8 Å². The van der Waals surface area contributed by atoms with Crippen LogP contribution in [0.4, 0.5) is 4.39 Å². The van der Waals surface area contributed by atoms with Crippen molar-refractivity contribution in [3.05, 3.63) is 29.0 Å². The van der Waals surface area contributed by atoms with E-state index in [0.29, 0.717) is 17.4 Å². The second kappa shape index (κ2) is 7.81. The summed E-state index contributed by atoms with van der Waals surface area (Å²) in [6.07, 6.45) is 2.47. The highest BCUT2D eigenvalue weighted by atomic mass is 35.5. The van der Waals surface area contributed by atoms with Gasteiger partial charge in [0.05, 0.1) is 5.02 Å². The van der Waals surface area contributed by atoms with Crippen LogP contribution in [0.15, 0.2) is 18.2 Å². The van der Waals surface area contributed by atoms with Crippen LogP contribution in [-0.4, -0.2) is 44.7 Å². The molecule has 0 amide bonds. The molecule has 1 aromatic rings. The summed E-state index contributed by atoms with van der Waals surface area (Å²) in [6, 6.07) is 4.22. The Hall–Kier alpha value is -0.840. The fourth-order valence-electron chi connectivity index (χ4n) is 2.58.